The van der Waals surface area contributed by atoms with Crippen molar-refractivity contribution in [3.63, 3.8) is 0 Å². The monoisotopic (exact) mass is 286 g/mol. The Morgan fingerprint density at radius 1 is 1.24 bits per heavy atom. The number of aromatic nitrogens is 2. The number of nitrogens with one attached hydrogen (secondary N) is 2. The van der Waals surface area contributed by atoms with E-state index in [1.54, 1.807) is 6.07 Å². The lowest BCUT2D eigenvalue weighted by molar-refractivity contribution is 0.330. The third-order valence-corrected chi connectivity index (χ3v) is 3.98. The minimum atomic E-state index is -0.0607. The van der Waals surface area contributed by atoms with Crippen LogP contribution >= 0.6 is 0 Å². The molecule has 0 radical (unpaired) electrons. The molecule has 0 aliphatic carbocycles. The molecule has 1 saturated heterocycles. The lowest BCUT2D eigenvalue weighted by Crippen LogP contribution is -2.25. The molecule has 1 fully saturated rings. The molecule has 0 saturated carbocycles. The summed E-state index contributed by atoms with van der Waals surface area (Å²) in [4.78, 5) is 21.8. The molecule has 2 heterocycles. The van der Waals surface area contributed by atoms with Crippen LogP contribution in [0.15, 0.2) is 29.1 Å². The summed E-state index contributed by atoms with van der Waals surface area (Å²) in [6.07, 6.45) is 3.82. The summed E-state index contributed by atoms with van der Waals surface area (Å²) in [5.74, 6) is 0.708. The van der Waals surface area contributed by atoms with E-state index in [2.05, 4.69) is 20.2 Å². The molecule has 1 aromatic heterocycles. The second-order valence-electron chi connectivity index (χ2n) is 5.61. The van der Waals surface area contributed by atoms with Gasteiger partial charge < -0.3 is 15.2 Å². The number of H-pyrrole nitrogens is 1. The Hall–Kier alpha value is -1.72. The van der Waals surface area contributed by atoms with E-state index in [4.69, 9.17) is 0 Å². The summed E-state index contributed by atoms with van der Waals surface area (Å²) >= 11 is 0. The number of benzene rings is 1. The summed E-state index contributed by atoms with van der Waals surface area (Å²) in [6, 6.07) is 7.44. The van der Waals surface area contributed by atoms with Crippen molar-refractivity contribution in [3.05, 3.63) is 40.4 Å². The topological polar surface area (TPSA) is 61.0 Å². The average molecular weight is 286 g/mol. The summed E-state index contributed by atoms with van der Waals surface area (Å²) in [5, 5.41) is 4.01. The maximum absolute atomic E-state index is 11.9. The van der Waals surface area contributed by atoms with Crippen LogP contribution < -0.4 is 10.9 Å². The summed E-state index contributed by atoms with van der Waals surface area (Å²) in [5.41, 5.74) is 0.699. The van der Waals surface area contributed by atoms with Gasteiger partial charge in [-0.2, -0.15) is 0 Å². The lowest BCUT2D eigenvalue weighted by Gasteiger charge is -2.14. The summed E-state index contributed by atoms with van der Waals surface area (Å²) in [7, 11) is 0. The molecule has 5 heteroatoms. The average Bonchev–Trinajstić information content (AvgIpc) is 3.00. The number of hydrogen-bond acceptors (Lipinski definition) is 4. The molecule has 0 unspecified atom stereocenters. The first-order chi connectivity index (χ1) is 10.3. The lowest BCUT2D eigenvalue weighted by atomic mass is 10.2. The van der Waals surface area contributed by atoms with Crippen molar-refractivity contribution >= 4 is 10.9 Å². The highest BCUT2D eigenvalue weighted by Crippen LogP contribution is 2.07. The number of rotatable bonds is 6. The number of fused-ring (bicyclic) bond motifs is 1. The summed E-state index contributed by atoms with van der Waals surface area (Å²) in [6.45, 7) is 5.22. The van der Waals surface area contributed by atoms with Crippen LogP contribution in [0.1, 0.15) is 25.1 Å². The van der Waals surface area contributed by atoms with Gasteiger partial charge in [0.1, 0.15) is 5.82 Å². The van der Waals surface area contributed by atoms with Gasteiger partial charge in [0.15, 0.2) is 0 Å². The minimum Gasteiger partial charge on any atom is -0.310 e. The first kappa shape index (κ1) is 14.2. The van der Waals surface area contributed by atoms with Crippen molar-refractivity contribution in [2.45, 2.75) is 25.8 Å². The van der Waals surface area contributed by atoms with Gasteiger partial charge in [-0.25, -0.2) is 4.98 Å². The van der Waals surface area contributed by atoms with Gasteiger partial charge in [-0.15, -0.1) is 0 Å². The van der Waals surface area contributed by atoms with E-state index < -0.39 is 0 Å². The second kappa shape index (κ2) is 6.83. The van der Waals surface area contributed by atoms with Crippen LogP contribution in [0.3, 0.4) is 0 Å². The number of likely N-dealkylation sites (tertiary alicyclic amines) is 1. The van der Waals surface area contributed by atoms with Crippen LogP contribution in [-0.4, -0.2) is 41.0 Å². The normalized spacial score (nSPS) is 15.8. The van der Waals surface area contributed by atoms with Crippen molar-refractivity contribution in [1.29, 1.82) is 0 Å². The Labute approximate surface area is 124 Å². The third kappa shape index (κ3) is 3.68. The maximum atomic E-state index is 11.9. The fourth-order valence-corrected chi connectivity index (χ4v) is 2.86. The maximum Gasteiger partial charge on any atom is 0.258 e. The van der Waals surface area contributed by atoms with Gasteiger partial charge in [0.25, 0.3) is 5.56 Å². The smallest absolute Gasteiger partial charge is 0.258 e. The van der Waals surface area contributed by atoms with E-state index in [1.165, 1.54) is 25.9 Å². The molecule has 1 aliphatic rings. The first-order valence-electron chi connectivity index (χ1n) is 7.74. The predicted molar refractivity (Wildman–Crippen MR) is 84.4 cm³/mol. The van der Waals surface area contributed by atoms with Crippen molar-refractivity contribution in [1.82, 2.24) is 20.2 Å². The van der Waals surface area contributed by atoms with Gasteiger partial charge in [0.2, 0.25) is 0 Å². The number of nitrogens with zero attached hydrogens (tertiary/aromatic N) is 2. The first-order valence-corrected chi connectivity index (χ1v) is 7.74. The Morgan fingerprint density at radius 2 is 2.05 bits per heavy atom. The molecule has 2 N–H and O–H groups in total. The molecular formula is C16H22N4O. The molecule has 0 atom stereocenters. The van der Waals surface area contributed by atoms with E-state index in [1.807, 2.05) is 18.2 Å². The molecule has 5 nitrogen and oxygen atoms in total. The highest BCUT2D eigenvalue weighted by Gasteiger charge is 2.10. The van der Waals surface area contributed by atoms with Crippen molar-refractivity contribution in [2.24, 2.45) is 0 Å². The van der Waals surface area contributed by atoms with E-state index in [0.717, 1.165) is 25.0 Å². The van der Waals surface area contributed by atoms with Gasteiger partial charge in [-0.1, -0.05) is 12.1 Å². The Bertz CT molecular complexity index is 646. The summed E-state index contributed by atoms with van der Waals surface area (Å²) < 4.78 is 0. The van der Waals surface area contributed by atoms with Crippen LogP contribution in [0.4, 0.5) is 0 Å². The van der Waals surface area contributed by atoms with Crippen molar-refractivity contribution in [2.75, 3.05) is 26.2 Å². The molecule has 1 aliphatic heterocycles. The second-order valence-corrected chi connectivity index (χ2v) is 5.61. The standard InChI is InChI=1S/C16H22N4O/c21-16-13-6-1-2-7-14(13)18-15(19-16)12-17-8-5-11-20-9-3-4-10-20/h1-2,6-7,17H,3-5,8-12H2,(H,18,19,21). The van der Waals surface area contributed by atoms with E-state index in [-0.39, 0.29) is 5.56 Å². The van der Waals surface area contributed by atoms with E-state index in [0.29, 0.717) is 17.8 Å². The molecular weight excluding hydrogens is 264 g/mol. The van der Waals surface area contributed by atoms with Crippen molar-refractivity contribution < 1.29 is 0 Å². The van der Waals surface area contributed by atoms with Crippen LogP contribution in [0.25, 0.3) is 10.9 Å². The number of hydrogen-bond donors (Lipinski definition) is 2. The number of para-hydroxylation sites is 1. The zero-order valence-corrected chi connectivity index (χ0v) is 12.3. The van der Waals surface area contributed by atoms with Crippen LogP contribution in [0.2, 0.25) is 0 Å². The minimum absolute atomic E-state index is 0.0607. The SMILES string of the molecule is O=c1[nH]c(CNCCCN2CCCC2)nc2ccccc12. The third-order valence-electron chi connectivity index (χ3n) is 3.98. The van der Waals surface area contributed by atoms with Crippen molar-refractivity contribution in [3.8, 4) is 0 Å². The molecule has 1 aromatic carbocycles. The van der Waals surface area contributed by atoms with Crippen LogP contribution in [0, 0.1) is 0 Å². The molecule has 0 amide bonds. The molecule has 112 valence electrons. The highest BCUT2D eigenvalue weighted by molar-refractivity contribution is 5.77. The molecule has 0 bridgehead atoms. The number of aromatic amines is 1. The Morgan fingerprint density at radius 3 is 2.90 bits per heavy atom. The zero-order valence-electron chi connectivity index (χ0n) is 12.3. The predicted octanol–water partition coefficient (Wildman–Crippen LogP) is 1.50. The fraction of sp³-hybridized carbons (Fsp3) is 0.500. The van der Waals surface area contributed by atoms with Gasteiger partial charge in [-0.05, 0) is 57.6 Å². The van der Waals surface area contributed by atoms with Crippen LogP contribution in [-0.2, 0) is 6.54 Å². The molecule has 21 heavy (non-hydrogen) atoms. The van der Waals surface area contributed by atoms with Gasteiger partial charge in [0, 0.05) is 0 Å². The fourth-order valence-electron chi connectivity index (χ4n) is 2.86. The largest absolute Gasteiger partial charge is 0.310 e. The highest BCUT2D eigenvalue weighted by atomic mass is 16.1. The molecule has 2 aromatic rings. The van der Waals surface area contributed by atoms with Gasteiger partial charge in [-0.3, -0.25) is 4.79 Å². The Kier molecular flexibility index (Phi) is 4.62. The van der Waals surface area contributed by atoms with Gasteiger partial charge >= 0.3 is 0 Å². The van der Waals surface area contributed by atoms with Gasteiger partial charge in [0.05, 0.1) is 17.4 Å². The van der Waals surface area contributed by atoms with E-state index in [9.17, 15) is 4.79 Å². The molecule has 3 rings (SSSR count). The zero-order chi connectivity index (χ0) is 14.5. The Balaban J connectivity index is 1.50. The van der Waals surface area contributed by atoms with E-state index >= 15 is 0 Å². The molecule has 0 spiro atoms. The quantitative estimate of drug-likeness (QED) is 0.790. The van der Waals surface area contributed by atoms with Crippen LogP contribution in [0.5, 0.6) is 0 Å².